The maximum atomic E-state index is 11.0. The maximum absolute atomic E-state index is 11.0. The van der Waals surface area contributed by atoms with E-state index in [2.05, 4.69) is 5.10 Å². The molecule has 0 fully saturated rings. The molecular formula is C14H18N4O2. The molecule has 6 heteroatoms. The lowest BCUT2D eigenvalue weighted by molar-refractivity contribution is -0.384. The van der Waals surface area contributed by atoms with Crippen LogP contribution in [0.2, 0.25) is 0 Å². The van der Waals surface area contributed by atoms with Gasteiger partial charge < -0.3 is 5.73 Å². The second-order valence-electron chi connectivity index (χ2n) is 4.77. The molecule has 0 aliphatic carbocycles. The Bertz CT molecular complexity index is 607. The van der Waals surface area contributed by atoms with Crippen LogP contribution in [-0.2, 0) is 6.42 Å². The zero-order chi connectivity index (χ0) is 14.7. The van der Waals surface area contributed by atoms with Crippen LogP contribution in [0.3, 0.4) is 0 Å². The Labute approximate surface area is 117 Å². The molecule has 1 unspecified atom stereocenters. The van der Waals surface area contributed by atoms with Crippen molar-refractivity contribution in [3.8, 4) is 0 Å². The molecule has 20 heavy (non-hydrogen) atoms. The Kier molecular flexibility index (Phi) is 4.02. The third-order valence-electron chi connectivity index (χ3n) is 3.40. The lowest BCUT2D eigenvalue weighted by Gasteiger charge is -2.16. The van der Waals surface area contributed by atoms with Crippen molar-refractivity contribution in [3.05, 3.63) is 51.7 Å². The number of hydrogen-bond acceptors (Lipinski definition) is 4. The van der Waals surface area contributed by atoms with E-state index in [1.54, 1.807) is 11.6 Å². The molecule has 0 saturated heterocycles. The van der Waals surface area contributed by atoms with Gasteiger partial charge in [0.1, 0.15) is 5.69 Å². The molecule has 2 rings (SSSR count). The van der Waals surface area contributed by atoms with Gasteiger partial charge in [-0.15, -0.1) is 0 Å². The number of rotatable bonds is 5. The number of anilines is 1. The van der Waals surface area contributed by atoms with Crippen molar-refractivity contribution in [1.82, 2.24) is 9.78 Å². The highest BCUT2D eigenvalue weighted by Gasteiger charge is 2.26. The molecule has 1 aromatic carbocycles. The molecule has 0 bridgehead atoms. The number of nitrogens with two attached hydrogens (primary N) is 1. The molecule has 0 spiro atoms. The molecule has 0 radical (unpaired) electrons. The summed E-state index contributed by atoms with van der Waals surface area (Å²) in [6, 6.07) is 9.99. The standard InChI is InChI=1S/C14H18N4O2/c1-3-12(9-11-7-5-4-6-8-11)17-14(15)13(18(19)20)10(2)16-17/h4-8,12H,3,9,15H2,1-2H3. The molecule has 0 aliphatic rings. The van der Waals surface area contributed by atoms with Gasteiger partial charge in [0, 0.05) is 0 Å². The fraction of sp³-hybridized carbons (Fsp3) is 0.357. The molecule has 0 saturated carbocycles. The van der Waals surface area contributed by atoms with Crippen LogP contribution in [-0.4, -0.2) is 14.7 Å². The summed E-state index contributed by atoms with van der Waals surface area (Å²) in [7, 11) is 0. The number of nitro groups is 1. The Balaban J connectivity index is 2.33. The van der Waals surface area contributed by atoms with Gasteiger partial charge in [-0.3, -0.25) is 10.1 Å². The molecule has 1 atom stereocenters. The van der Waals surface area contributed by atoms with Gasteiger partial charge in [0.15, 0.2) is 0 Å². The van der Waals surface area contributed by atoms with Crippen LogP contribution in [0.5, 0.6) is 0 Å². The highest BCUT2D eigenvalue weighted by Crippen LogP contribution is 2.30. The van der Waals surface area contributed by atoms with Crippen LogP contribution in [0.1, 0.15) is 30.6 Å². The van der Waals surface area contributed by atoms with E-state index in [0.29, 0.717) is 5.69 Å². The van der Waals surface area contributed by atoms with Gasteiger partial charge in [-0.05, 0) is 25.3 Å². The van der Waals surface area contributed by atoms with Crippen LogP contribution in [0.15, 0.2) is 30.3 Å². The second kappa shape index (κ2) is 5.73. The van der Waals surface area contributed by atoms with Crippen LogP contribution in [0, 0.1) is 17.0 Å². The number of hydrogen-bond donors (Lipinski definition) is 1. The maximum Gasteiger partial charge on any atom is 0.333 e. The molecule has 1 aromatic heterocycles. The molecule has 2 aromatic rings. The summed E-state index contributed by atoms with van der Waals surface area (Å²) < 4.78 is 1.58. The lowest BCUT2D eigenvalue weighted by Crippen LogP contribution is -2.15. The van der Waals surface area contributed by atoms with E-state index in [0.717, 1.165) is 18.4 Å². The minimum absolute atomic E-state index is 0.0183. The molecule has 6 nitrogen and oxygen atoms in total. The first-order valence-electron chi connectivity index (χ1n) is 6.57. The van der Waals surface area contributed by atoms with Gasteiger partial charge in [0.25, 0.3) is 0 Å². The monoisotopic (exact) mass is 274 g/mol. The minimum atomic E-state index is -0.469. The first-order valence-corrected chi connectivity index (χ1v) is 6.57. The van der Waals surface area contributed by atoms with Crippen molar-refractivity contribution in [2.45, 2.75) is 32.7 Å². The minimum Gasteiger partial charge on any atom is -0.378 e. The number of nitrogen functional groups attached to an aromatic ring is 1. The first kappa shape index (κ1) is 14.0. The van der Waals surface area contributed by atoms with Crippen LogP contribution >= 0.6 is 0 Å². The van der Waals surface area contributed by atoms with Crippen LogP contribution in [0.4, 0.5) is 11.5 Å². The Morgan fingerprint density at radius 1 is 1.40 bits per heavy atom. The smallest absolute Gasteiger partial charge is 0.333 e. The van der Waals surface area contributed by atoms with Gasteiger partial charge in [-0.1, -0.05) is 37.3 Å². The summed E-state index contributed by atoms with van der Waals surface area (Å²) >= 11 is 0. The van der Waals surface area contributed by atoms with Crippen LogP contribution in [0.25, 0.3) is 0 Å². The lowest BCUT2D eigenvalue weighted by atomic mass is 10.0. The number of aryl methyl sites for hydroxylation is 1. The second-order valence-corrected chi connectivity index (χ2v) is 4.77. The predicted octanol–water partition coefficient (Wildman–Crippen LogP) is 2.88. The zero-order valence-electron chi connectivity index (χ0n) is 11.6. The largest absolute Gasteiger partial charge is 0.378 e. The van der Waals surface area contributed by atoms with Crippen molar-refractivity contribution in [2.75, 3.05) is 5.73 Å². The summed E-state index contributed by atoms with van der Waals surface area (Å²) in [5, 5.41) is 15.2. The Morgan fingerprint density at radius 2 is 2.05 bits per heavy atom. The SMILES string of the molecule is CCC(Cc1ccccc1)n1nc(C)c([N+](=O)[O-])c1N. The fourth-order valence-corrected chi connectivity index (χ4v) is 2.35. The number of aromatic nitrogens is 2. The summed E-state index contributed by atoms with van der Waals surface area (Å²) in [6.45, 7) is 3.64. The number of nitrogens with zero attached hydrogens (tertiary/aromatic N) is 3. The van der Waals surface area contributed by atoms with E-state index in [1.165, 1.54) is 0 Å². The van der Waals surface area contributed by atoms with E-state index >= 15 is 0 Å². The van der Waals surface area contributed by atoms with Gasteiger partial charge in [-0.2, -0.15) is 5.10 Å². The average molecular weight is 274 g/mol. The normalized spacial score (nSPS) is 12.3. The summed E-state index contributed by atoms with van der Waals surface area (Å²) in [5.41, 5.74) is 7.33. The molecule has 2 N–H and O–H groups in total. The van der Waals surface area contributed by atoms with E-state index in [1.807, 2.05) is 37.3 Å². The van der Waals surface area contributed by atoms with Gasteiger partial charge >= 0.3 is 5.69 Å². The highest BCUT2D eigenvalue weighted by atomic mass is 16.6. The fourth-order valence-electron chi connectivity index (χ4n) is 2.35. The molecule has 1 heterocycles. The number of benzene rings is 1. The molecular weight excluding hydrogens is 256 g/mol. The van der Waals surface area contributed by atoms with Crippen molar-refractivity contribution in [3.63, 3.8) is 0 Å². The summed E-state index contributed by atoms with van der Waals surface area (Å²) in [4.78, 5) is 10.5. The van der Waals surface area contributed by atoms with E-state index in [9.17, 15) is 10.1 Å². The molecule has 0 aliphatic heterocycles. The summed E-state index contributed by atoms with van der Waals surface area (Å²) in [5.74, 6) is 0.135. The highest BCUT2D eigenvalue weighted by molar-refractivity contribution is 5.56. The van der Waals surface area contributed by atoms with Crippen molar-refractivity contribution in [1.29, 1.82) is 0 Å². The van der Waals surface area contributed by atoms with Gasteiger partial charge in [0.2, 0.25) is 5.82 Å². The topological polar surface area (TPSA) is 87.0 Å². The van der Waals surface area contributed by atoms with Crippen molar-refractivity contribution in [2.24, 2.45) is 0 Å². The van der Waals surface area contributed by atoms with E-state index < -0.39 is 4.92 Å². The molecule has 106 valence electrons. The summed E-state index contributed by atoms with van der Waals surface area (Å²) in [6.07, 6.45) is 1.55. The van der Waals surface area contributed by atoms with Crippen molar-refractivity contribution >= 4 is 11.5 Å². The molecule has 0 amide bonds. The third kappa shape index (κ3) is 2.64. The third-order valence-corrected chi connectivity index (χ3v) is 3.40. The quantitative estimate of drug-likeness (QED) is 0.670. The average Bonchev–Trinajstić information content (AvgIpc) is 2.72. The Hall–Kier alpha value is -2.37. The van der Waals surface area contributed by atoms with E-state index in [4.69, 9.17) is 5.73 Å². The van der Waals surface area contributed by atoms with E-state index in [-0.39, 0.29) is 17.5 Å². The van der Waals surface area contributed by atoms with Crippen LogP contribution < -0.4 is 5.73 Å². The predicted molar refractivity (Wildman–Crippen MR) is 77.5 cm³/mol. The first-order chi connectivity index (χ1) is 9.54. The zero-order valence-corrected chi connectivity index (χ0v) is 11.6. The van der Waals surface area contributed by atoms with Gasteiger partial charge in [0.05, 0.1) is 11.0 Å². The Morgan fingerprint density at radius 3 is 2.55 bits per heavy atom. The van der Waals surface area contributed by atoms with Gasteiger partial charge in [-0.25, -0.2) is 4.68 Å². The van der Waals surface area contributed by atoms with Crippen molar-refractivity contribution < 1.29 is 4.92 Å².